The van der Waals surface area contributed by atoms with Crippen molar-refractivity contribution in [2.75, 3.05) is 11.8 Å². The van der Waals surface area contributed by atoms with Crippen LogP contribution < -0.4 is 15.2 Å². The predicted octanol–water partition coefficient (Wildman–Crippen LogP) is 2.11. The summed E-state index contributed by atoms with van der Waals surface area (Å²) in [5.74, 6) is 0.409. The highest BCUT2D eigenvalue weighted by atomic mass is 79.9. The molecule has 2 rings (SSSR count). The lowest BCUT2D eigenvalue weighted by Crippen LogP contribution is -2.14. The second kappa shape index (κ2) is 6.42. The second-order valence-corrected chi connectivity index (χ2v) is 6.67. The number of rotatable bonds is 5. The van der Waals surface area contributed by atoms with Gasteiger partial charge in [-0.3, -0.25) is 4.72 Å². The lowest BCUT2D eigenvalue weighted by Gasteiger charge is -2.10. The van der Waals surface area contributed by atoms with E-state index in [1.54, 1.807) is 24.3 Å². The van der Waals surface area contributed by atoms with Crippen LogP contribution in [-0.4, -0.2) is 20.5 Å². The molecule has 0 aliphatic heterocycles. The molecule has 0 radical (unpaired) electrons. The molecule has 0 saturated carbocycles. The molecule has 1 aromatic carbocycles. The van der Waals surface area contributed by atoms with Gasteiger partial charge in [-0.1, -0.05) is 6.07 Å². The van der Waals surface area contributed by atoms with E-state index in [0.717, 1.165) is 5.56 Å². The summed E-state index contributed by atoms with van der Waals surface area (Å²) in [6, 6.07) is 8.01. The Morgan fingerprint density at radius 3 is 2.62 bits per heavy atom. The Kier molecular flexibility index (Phi) is 4.81. The summed E-state index contributed by atoms with van der Waals surface area (Å²) in [6.07, 6.45) is 1.39. The fourth-order valence-corrected chi connectivity index (χ4v) is 3.83. The van der Waals surface area contributed by atoms with Gasteiger partial charge in [0.1, 0.15) is 4.90 Å². The van der Waals surface area contributed by atoms with Crippen molar-refractivity contribution < 1.29 is 13.2 Å². The zero-order chi connectivity index (χ0) is 15.5. The van der Waals surface area contributed by atoms with E-state index in [9.17, 15) is 8.42 Å². The molecule has 8 heteroatoms. The highest BCUT2D eigenvalue weighted by Crippen LogP contribution is 2.25. The Morgan fingerprint density at radius 2 is 2.10 bits per heavy atom. The Balaban J connectivity index is 2.29. The molecule has 0 unspecified atom stereocenters. The molecule has 112 valence electrons. The summed E-state index contributed by atoms with van der Waals surface area (Å²) in [5.41, 5.74) is 6.71. The zero-order valence-electron chi connectivity index (χ0n) is 11.2. The molecule has 0 amide bonds. The number of anilines is 1. The fraction of sp³-hybridized carbons (Fsp3) is 0.154. The van der Waals surface area contributed by atoms with Crippen molar-refractivity contribution >= 4 is 31.6 Å². The van der Waals surface area contributed by atoms with E-state index in [0.29, 0.717) is 22.6 Å². The van der Waals surface area contributed by atoms with Crippen molar-refractivity contribution in [2.24, 2.45) is 5.73 Å². The fourth-order valence-electron chi connectivity index (χ4n) is 1.66. The summed E-state index contributed by atoms with van der Waals surface area (Å²) >= 11 is 3.25. The topological polar surface area (TPSA) is 94.3 Å². The second-order valence-electron chi connectivity index (χ2n) is 4.16. The minimum Gasteiger partial charge on any atom is -0.481 e. The van der Waals surface area contributed by atoms with Crippen LogP contribution in [0.15, 0.2) is 45.9 Å². The van der Waals surface area contributed by atoms with Crippen LogP contribution in [0.4, 0.5) is 5.69 Å². The Labute approximate surface area is 131 Å². The SMILES string of the molecule is COc1ccc(NS(=O)(=O)c2ccc(CN)cc2Br)cn1. The van der Waals surface area contributed by atoms with Crippen molar-refractivity contribution in [3.63, 3.8) is 0 Å². The largest absolute Gasteiger partial charge is 0.481 e. The van der Waals surface area contributed by atoms with Crippen LogP contribution in [0.2, 0.25) is 0 Å². The number of nitrogens with two attached hydrogens (primary N) is 1. The molecule has 6 nitrogen and oxygen atoms in total. The Hall–Kier alpha value is -1.64. The summed E-state index contributed by atoms with van der Waals surface area (Å²) < 4.78 is 32.5. The first-order valence-corrected chi connectivity index (χ1v) is 8.25. The monoisotopic (exact) mass is 371 g/mol. The van der Waals surface area contributed by atoms with E-state index in [-0.39, 0.29) is 4.90 Å². The first-order valence-electron chi connectivity index (χ1n) is 5.97. The Morgan fingerprint density at radius 1 is 1.33 bits per heavy atom. The number of hydrogen-bond donors (Lipinski definition) is 2. The van der Waals surface area contributed by atoms with Gasteiger partial charge in [0.25, 0.3) is 10.0 Å². The maximum Gasteiger partial charge on any atom is 0.263 e. The normalized spacial score (nSPS) is 11.2. The van der Waals surface area contributed by atoms with Crippen molar-refractivity contribution in [2.45, 2.75) is 11.4 Å². The smallest absolute Gasteiger partial charge is 0.263 e. The van der Waals surface area contributed by atoms with Crippen LogP contribution in [0.25, 0.3) is 0 Å². The van der Waals surface area contributed by atoms with Crippen LogP contribution in [-0.2, 0) is 16.6 Å². The van der Waals surface area contributed by atoms with Gasteiger partial charge in [-0.15, -0.1) is 0 Å². The summed E-state index contributed by atoms with van der Waals surface area (Å²) in [4.78, 5) is 4.08. The number of methoxy groups -OCH3 is 1. The third kappa shape index (κ3) is 3.72. The Bertz CT molecular complexity index is 733. The summed E-state index contributed by atoms with van der Waals surface area (Å²) in [6.45, 7) is 0.342. The van der Waals surface area contributed by atoms with Crippen molar-refractivity contribution in [1.82, 2.24) is 4.98 Å². The molecular formula is C13H14BrN3O3S. The van der Waals surface area contributed by atoms with Crippen molar-refractivity contribution in [1.29, 1.82) is 0 Å². The van der Waals surface area contributed by atoms with Crippen LogP contribution >= 0.6 is 15.9 Å². The number of nitrogens with zero attached hydrogens (tertiary/aromatic N) is 1. The molecule has 1 aromatic heterocycles. The van der Waals surface area contributed by atoms with E-state index in [1.807, 2.05) is 0 Å². The number of hydrogen-bond acceptors (Lipinski definition) is 5. The first kappa shape index (κ1) is 15.7. The number of pyridine rings is 1. The van der Waals surface area contributed by atoms with Crippen LogP contribution in [0.5, 0.6) is 5.88 Å². The average Bonchev–Trinajstić information content (AvgIpc) is 2.47. The molecule has 0 aliphatic rings. The zero-order valence-corrected chi connectivity index (χ0v) is 13.6. The number of sulfonamides is 1. The molecule has 21 heavy (non-hydrogen) atoms. The number of ether oxygens (including phenoxy) is 1. The third-order valence-corrected chi connectivity index (χ3v) is 5.08. The molecule has 1 heterocycles. The summed E-state index contributed by atoms with van der Waals surface area (Å²) in [7, 11) is -2.22. The van der Waals surface area contributed by atoms with E-state index in [2.05, 4.69) is 25.6 Å². The van der Waals surface area contributed by atoms with E-state index in [4.69, 9.17) is 10.5 Å². The van der Waals surface area contributed by atoms with Gasteiger partial charge in [0.2, 0.25) is 5.88 Å². The van der Waals surface area contributed by atoms with Gasteiger partial charge in [-0.25, -0.2) is 13.4 Å². The minimum absolute atomic E-state index is 0.135. The minimum atomic E-state index is -3.71. The van der Waals surface area contributed by atoms with E-state index in [1.165, 1.54) is 19.4 Å². The van der Waals surface area contributed by atoms with Crippen LogP contribution in [0.1, 0.15) is 5.56 Å². The molecule has 3 N–H and O–H groups in total. The molecule has 0 saturated heterocycles. The lowest BCUT2D eigenvalue weighted by molar-refractivity contribution is 0.398. The number of benzene rings is 1. The molecule has 0 aliphatic carbocycles. The number of nitrogens with one attached hydrogen (secondary N) is 1. The quantitative estimate of drug-likeness (QED) is 0.839. The van der Waals surface area contributed by atoms with Gasteiger partial charge in [0.15, 0.2) is 0 Å². The lowest BCUT2D eigenvalue weighted by atomic mass is 10.2. The first-order chi connectivity index (χ1) is 9.96. The van der Waals surface area contributed by atoms with Gasteiger partial charge in [-0.05, 0) is 39.7 Å². The van der Waals surface area contributed by atoms with Gasteiger partial charge < -0.3 is 10.5 Å². The van der Waals surface area contributed by atoms with Crippen molar-refractivity contribution in [3.8, 4) is 5.88 Å². The van der Waals surface area contributed by atoms with Crippen molar-refractivity contribution in [3.05, 3.63) is 46.6 Å². The van der Waals surface area contributed by atoms with E-state index >= 15 is 0 Å². The standard InChI is InChI=1S/C13H14BrN3O3S/c1-20-13-5-3-10(8-16-13)17-21(18,19)12-4-2-9(7-15)6-11(12)14/h2-6,8,17H,7,15H2,1H3. The van der Waals surface area contributed by atoms with Gasteiger partial charge in [-0.2, -0.15) is 0 Å². The van der Waals surface area contributed by atoms with Gasteiger partial charge in [0, 0.05) is 17.1 Å². The van der Waals surface area contributed by atoms with Gasteiger partial charge in [0.05, 0.1) is 19.0 Å². The van der Waals surface area contributed by atoms with Gasteiger partial charge >= 0.3 is 0 Å². The molecule has 0 bridgehead atoms. The van der Waals surface area contributed by atoms with Crippen LogP contribution in [0.3, 0.4) is 0 Å². The molecule has 0 fully saturated rings. The highest BCUT2D eigenvalue weighted by molar-refractivity contribution is 9.10. The van der Waals surface area contributed by atoms with E-state index < -0.39 is 10.0 Å². The molecule has 2 aromatic rings. The maximum atomic E-state index is 12.3. The number of halogens is 1. The molecule has 0 spiro atoms. The maximum absolute atomic E-state index is 12.3. The van der Waals surface area contributed by atoms with Crippen LogP contribution in [0, 0.1) is 0 Å². The third-order valence-electron chi connectivity index (χ3n) is 2.72. The number of aromatic nitrogens is 1. The predicted molar refractivity (Wildman–Crippen MR) is 83.6 cm³/mol. The average molecular weight is 372 g/mol. The highest BCUT2D eigenvalue weighted by Gasteiger charge is 2.18. The molecule has 0 atom stereocenters. The summed E-state index contributed by atoms with van der Waals surface area (Å²) in [5, 5.41) is 0. The molecular weight excluding hydrogens is 358 g/mol.